The van der Waals surface area contributed by atoms with E-state index in [9.17, 15) is 4.79 Å². The van der Waals surface area contributed by atoms with Crippen LogP contribution in [0, 0.1) is 5.92 Å². The van der Waals surface area contributed by atoms with Gasteiger partial charge in [-0.2, -0.15) is 4.98 Å². The van der Waals surface area contributed by atoms with Gasteiger partial charge in [0, 0.05) is 30.9 Å². The molecular weight excluding hydrogens is 398 g/mol. The lowest BCUT2D eigenvalue weighted by atomic mass is 9.97. The molecule has 1 aliphatic rings. The highest BCUT2D eigenvalue weighted by Crippen LogP contribution is 2.26. The maximum Gasteiger partial charge on any atom is 0.309 e. The lowest BCUT2D eigenvalue weighted by molar-refractivity contribution is -0.148. The molecule has 0 unspecified atom stereocenters. The first-order valence-corrected chi connectivity index (χ1v) is 10.3. The Morgan fingerprint density at radius 2 is 2.00 bits per heavy atom. The van der Waals surface area contributed by atoms with E-state index in [1.54, 1.807) is 19.4 Å². The fourth-order valence-corrected chi connectivity index (χ4v) is 3.50. The smallest absolute Gasteiger partial charge is 0.309 e. The molecule has 9 nitrogen and oxygen atoms in total. The molecule has 3 heterocycles. The zero-order valence-electron chi connectivity index (χ0n) is 17.6. The Hall–Kier alpha value is -3.62. The van der Waals surface area contributed by atoms with Crippen LogP contribution in [0.5, 0.6) is 5.75 Å². The Bertz CT molecular complexity index is 1010. The molecule has 162 valence electrons. The van der Waals surface area contributed by atoms with Crippen LogP contribution in [-0.4, -0.2) is 47.9 Å². The third-order valence-electron chi connectivity index (χ3n) is 5.19. The molecule has 9 heteroatoms. The highest BCUT2D eigenvalue weighted by molar-refractivity contribution is 5.72. The lowest BCUT2D eigenvalue weighted by Crippen LogP contribution is -2.37. The third kappa shape index (κ3) is 4.93. The summed E-state index contributed by atoms with van der Waals surface area (Å²) >= 11 is 0. The van der Waals surface area contributed by atoms with Crippen molar-refractivity contribution in [2.45, 2.75) is 19.8 Å². The van der Waals surface area contributed by atoms with Gasteiger partial charge in [0.2, 0.25) is 11.8 Å². The van der Waals surface area contributed by atoms with Crippen molar-refractivity contribution in [2.75, 3.05) is 37.0 Å². The monoisotopic (exact) mass is 423 g/mol. The number of carbonyl (C=O) groups excluding carboxylic acids is 1. The van der Waals surface area contributed by atoms with Crippen molar-refractivity contribution in [1.29, 1.82) is 0 Å². The maximum absolute atomic E-state index is 11.9. The van der Waals surface area contributed by atoms with Crippen LogP contribution in [0.15, 0.2) is 47.1 Å². The minimum atomic E-state index is -0.114. The van der Waals surface area contributed by atoms with Crippen molar-refractivity contribution in [1.82, 2.24) is 15.1 Å². The van der Waals surface area contributed by atoms with Crippen LogP contribution in [0.2, 0.25) is 0 Å². The predicted molar refractivity (Wildman–Crippen MR) is 115 cm³/mol. The molecule has 0 saturated carbocycles. The zero-order valence-corrected chi connectivity index (χ0v) is 17.6. The summed E-state index contributed by atoms with van der Waals surface area (Å²) in [4.78, 5) is 23.0. The maximum atomic E-state index is 11.9. The van der Waals surface area contributed by atoms with E-state index in [0.717, 1.165) is 24.2 Å². The van der Waals surface area contributed by atoms with E-state index in [0.29, 0.717) is 43.0 Å². The van der Waals surface area contributed by atoms with Crippen LogP contribution in [0.3, 0.4) is 0 Å². The van der Waals surface area contributed by atoms with E-state index in [4.69, 9.17) is 14.0 Å². The first kappa shape index (κ1) is 20.6. The summed E-state index contributed by atoms with van der Waals surface area (Å²) in [6.45, 7) is 3.65. The average molecular weight is 423 g/mol. The van der Waals surface area contributed by atoms with Gasteiger partial charge in [-0.05, 0) is 50.1 Å². The quantitative estimate of drug-likeness (QED) is 0.570. The van der Waals surface area contributed by atoms with Crippen LogP contribution in [0.25, 0.3) is 11.3 Å². The van der Waals surface area contributed by atoms with Gasteiger partial charge in [0.25, 0.3) is 0 Å². The van der Waals surface area contributed by atoms with Crippen LogP contribution >= 0.6 is 0 Å². The first-order valence-electron chi connectivity index (χ1n) is 10.3. The molecule has 1 aliphatic heterocycles. The van der Waals surface area contributed by atoms with Crippen molar-refractivity contribution < 1.29 is 18.8 Å². The van der Waals surface area contributed by atoms with Crippen molar-refractivity contribution >= 4 is 23.6 Å². The van der Waals surface area contributed by atoms with Crippen molar-refractivity contribution in [2.24, 2.45) is 5.92 Å². The number of benzene rings is 1. The standard InChI is InChI=1S/C22H25N5O4/c1-3-30-21(28)16-9-12-27(13-10-16)22-23-11-8-19(25-22)24-20-14-18(26-31-20)15-4-6-17(29-2)7-5-15/h4-8,11,14,16H,3,9-10,12-13H2,1-2H3,(H,23,24,25). The van der Waals surface area contributed by atoms with Gasteiger partial charge in [-0.1, -0.05) is 5.16 Å². The molecule has 0 aliphatic carbocycles. The molecule has 0 radical (unpaired) electrons. The normalized spacial score (nSPS) is 14.3. The van der Waals surface area contributed by atoms with Gasteiger partial charge in [-0.25, -0.2) is 4.98 Å². The summed E-state index contributed by atoms with van der Waals surface area (Å²) in [6, 6.07) is 11.2. The fraction of sp³-hybridized carbons (Fsp3) is 0.364. The molecule has 0 amide bonds. The number of hydrogen-bond acceptors (Lipinski definition) is 9. The van der Waals surface area contributed by atoms with Crippen molar-refractivity contribution in [3.05, 3.63) is 42.6 Å². The Kier molecular flexibility index (Phi) is 6.30. The number of carbonyl (C=O) groups is 1. The number of piperidine rings is 1. The number of nitrogens with zero attached hydrogens (tertiary/aromatic N) is 4. The molecule has 0 bridgehead atoms. The summed E-state index contributed by atoms with van der Waals surface area (Å²) in [6.07, 6.45) is 3.16. The molecule has 1 aromatic carbocycles. The molecule has 31 heavy (non-hydrogen) atoms. The minimum Gasteiger partial charge on any atom is -0.497 e. The van der Waals surface area contributed by atoms with E-state index in [2.05, 4.69) is 25.3 Å². The summed E-state index contributed by atoms with van der Waals surface area (Å²) < 4.78 is 15.7. The Balaban J connectivity index is 1.39. The summed E-state index contributed by atoms with van der Waals surface area (Å²) in [5.74, 6) is 2.32. The highest BCUT2D eigenvalue weighted by atomic mass is 16.5. The average Bonchev–Trinajstić information content (AvgIpc) is 3.28. The van der Waals surface area contributed by atoms with Gasteiger partial charge >= 0.3 is 5.97 Å². The predicted octanol–water partition coefficient (Wildman–Crippen LogP) is 3.66. The number of rotatable bonds is 7. The van der Waals surface area contributed by atoms with Crippen molar-refractivity contribution in [3.8, 4) is 17.0 Å². The number of aromatic nitrogens is 3. The third-order valence-corrected chi connectivity index (χ3v) is 5.19. The summed E-state index contributed by atoms with van der Waals surface area (Å²) in [7, 11) is 1.63. The molecule has 3 aromatic rings. The Morgan fingerprint density at radius 3 is 2.71 bits per heavy atom. The van der Waals surface area contributed by atoms with Gasteiger partial charge in [-0.3, -0.25) is 4.79 Å². The van der Waals surface area contributed by atoms with Gasteiger partial charge in [0.15, 0.2) is 0 Å². The number of esters is 1. The number of ether oxygens (including phenoxy) is 2. The summed E-state index contributed by atoms with van der Waals surface area (Å²) in [5, 5.41) is 7.25. The number of hydrogen-bond donors (Lipinski definition) is 1. The van der Waals surface area contributed by atoms with E-state index in [1.807, 2.05) is 37.3 Å². The summed E-state index contributed by atoms with van der Waals surface area (Å²) in [5.41, 5.74) is 1.63. The van der Waals surface area contributed by atoms with Crippen LogP contribution in [-0.2, 0) is 9.53 Å². The molecule has 0 spiro atoms. The van der Waals surface area contributed by atoms with E-state index < -0.39 is 0 Å². The van der Waals surface area contributed by atoms with E-state index in [-0.39, 0.29) is 11.9 Å². The second-order valence-corrected chi connectivity index (χ2v) is 7.19. The second kappa shape index (κ2) is 9.46. The second-order valence-electron chi connectivity index (χ2n) is 7.19. The number of anilines is 3. The fourth-order valence-electron chi connectivity index (χ4n) is 3.50. The molecule has 2 aromatic heterocycles. The minimum absolute atomic E-state index is 0.0527. The van der Waals surface area contributed by atoms with E-state index in [1.165, 1.54) is 0 Å². The molecule has 1 saturated heterocycles. The van der Waals surface area contributed by atoms with Gasteiger partial charge in [0.1, 0.15) is 17.3 Å². The van der Waals surface area contributed by atoms with Crippen molar-refractivity contribution in [3.63, 3.8) is 0 Å². The highest BCUT2D eigenvalue weighted by Gasteiger charge is 2.27. The zero-order chi connectivity index (χ0) is 21.6. The van der Waals surface area contributed by atoms with E-state index >= 15 is 0 Å². The van der Waals surface area contributed by atoms with Crippen LogP contribution < -0.4 is 15.0 Å². The topological polar surface area (TPSA) is 103 Å². The first-order chi connectivity index (χ1) is 15.2. The Labute approximate surface area is 180 Å². The van der Waals surface area contributed by atoms with Gasteiger partial charge in [0.05, 0.1) is 19.6 Å². The largest absolute Gasteiger partial charge is 0.497 e. The molecule has 1 N–H and O–H groups in total. The number of methoxy groups -OCH3 is 1. The van der Waals surface area contributed by atoms with Gasteiger partial charge in [-0.15, -0.1) is 0 Å². The molecule has 0 atom stereocenters. The molecule has 1 fully saturated rings. The lowest BCUT2D eigenvalue weighted by Gasteiger charge is -2.30. The number of nitrogens with one attached hydrogen (secondary N) is 1. The SMILES string of the molecule is CCOC(=O)C1CCN(c2nccc(Nc3cc(-c4ccc(OC)cc4)no3)n2)CC1. The van der Waals surface area contributed by atoms with Gasteiger partial charge < -0.3 is 24.2 Å². The Morgan fingerprint density at radius 1 is 1.23 bits per heavy atom. The van der Waals surface area contributed by atoms with Crippen LogP contribution in [0.4, 0.5) is 17.7 Å². The molecule has 4 rings (SSSR count). The molecular formula is C22H25N5O4. The van der Waals surface area contributed by atoms with Crippen LogP contribution in [0.1, 0.15) is 19.8 Å².